The van der Waals surface area contributed by atoms with E-state index in [9.17, 15) is 19.5 Å². The average Bonchev–Trinajstić information content (AvgIpc) is 2.96. The zero-order chi connectivity index (χ0) is 32.9. The summed E-state index contributed by atoms with van der Waals surface area (Å²) in [5, 5.41) is 9.53. The number of hydrogen-bond acceptors (Lipinski definition) is 6. The van der Waals surface area contributed by atoms with Gasteiger partial charge in [0.15, 0.2) is 12.1 Å². The molecule has 0 aliphatic carbocycles. The molecule has 0 amide bonds. The van der Waals surface area contributed by atoms with Crippen molar-refractivity contribution in [1.82, 2.24) is 0 Å². The van der Waals surface area contributed by atoms with Crippen molar-refractivity contribution < 1.29 is 38.2 Å². The zero-order valence-corrected chi connectivity index (χ0v) is 28.3. The Morgan fingerprint density at radius 2 is 1.34 bits per heavy atom. The van der Waals surface area contributed by atoms with Crippen LogP contribution in [-0.4, -0.2) is 80.6 Å². The topological polar surface area (TPSA) is 99.1 Å². The van der Waals surface area contributed by atoms with E-state index in [2.05, 4.69) is 44.2 Å². The van der Waals surface area contributed by atoms with Crippen LogP contribution in [0, 0.1) is 0 Å². The lowest BCUT2D eigenvalue weighted by atomic mass is 10.1. The Bertz CT molecular complexity index is 870. The van der Waals surface area contributed by atoms with Crippen LogP contribution >= 0.6 is 0 Å². The van der Waals surface area contributed by atoms with Crippen molar-refractivity contribution in [2.45, 2.75) is 122 Å². The number of allylic oxidation sites excluding steroid dienone is 8. The maximum Gasteiger partial charge on any atom is 0.362 e. The highest BCUT2D eigenvalue weighted by Gasteiger charge is 2.31. The summed E-state index contributed by atoms with van der Waals surface area (Å²) in [5.74, 6) is -1.58. The van der Waals surface area contributed by atoms with Crippen LogP contribution in [0.25, 0.3) is 0 Å². The van der Waals surface area contributed by atoms with E-state index < -0.39 is 18.1 Å². The lowest BCUT2D eigenvalue weighted by Crippen LogP contribution is -2.50. The van der Waals surface area contributed by atoms with E-state index in [1.807, 2.05) is 39.4 Å². The van der Waals surface area contributed by atoms with Crippen LogP contribution in [0.1, 0.15) is 110 Å². The lowest BCUT2D eigenvalue weighted by molar-refractivity contribution is -0.887. The van der Waals surface area contributed by atoms with Gasteiger partial charge in [0.05, 0.1) is 34.4 Å². The lowest BCUT2D eigenvalue weighted by Gasteiger charge is -2.31. The SMILES string of the molecule is CC/C=C/C=C/C=C/CCCCCCCC(=O)OC(COCCC(C(=O)O)[N+](C)(C)C)COC(=O)CC/C=C/CCCCC. The summed E-state index contributed by atoms with van der Waals surface area (Å²) in [4.78, 5) is 36.4. The van der Waals surface area contributed by atoms with Crippen LogP contribution in [0.5, 0.6) is 0 Å². The predicted molar refractivity (Wildman–Crippen MR) is 178 cm³/mol. The van der Waals surface area contributed by atoms with Gasteiger partial charge < -0.3 is 23.8 Å². The second-order valence-corrected chi connectivity index (χ2v) is 12.1. The molecule has 252 valence electrons. The number of ether oxygens (including phenoxy) is 3. The van der Waals surface area contributed by atoms with E-state index in [1.165, 1.54) is 12.8 Å². The van der Waals surface area contributed by atoms with Crippen molar-refractivity contribution in [2.75, 3.05) is 41.0 Å². The number of carbonyl (C=O) groups is 3. The minimum atomic E-state index is -0.887. The molecular weight excluding hydrogens is 558 g/mol. The molecule has 0 rings (SSSR count). The van der Waals surface area contributed by atoms with Crippen molar-refractivity contribution in [3.05, 3.63) is 48.6 Å². The number of carboxylic acid groups (broad SMARTS) is 1. The number of likely N-dealkylation sites (N-methyl/N-ethyl adjacent to an activating group) is 1. The standard InChI is InChI=1S/C36H61NO7/c1-6-8-10-12-14-15-16-17-18-19-21-23-25-27-35(39)44-32(30-42-29-28-33(36(40)41)37(3,4)5)31-43-34(38)26-24-22-20-13-11-9-7-2/h8,10,12,14-16,20,22,32-33H,6-7,9,11,13,17-19,21,23-31H2,1-5H3/p+1/b10-8+,14-12+,16-15+,22-20+. The number of quaternary nitrogens is 1. The number of unbranched alkanes of at least 4 members (excludes halogenated alkanes) is 8. The summed E-state index contributed by atoms with van der Waals surface area (Å²) in [5.41, 5.74) is 0. The van der Waals surface area contributed by atoms with E-state index in [1.54, 1.807) is 0 Å². The van der Waals surface area contributed by atoms with Crippen molar-refractivity contribution in [2.24, 2.45) is 0 Å². The summed E-state index contributed by atoms with van der Waals surface area (Å²) in [6.07, 6.45) is 29.0. The van der Waals surface area contributed by atoms with Gasteiger partial charge in [-0.15, -0.1) is 0 Å². The van der Waals surface area contributed by atoms with Gasteiger partial charge >= 0.3 is 17.9 Å². The highest BCUT2D eigenvalue weighted by atomic mass is 16.6. The summed E-state index contributed by atoms with van der Waals surface area (Å²) in [6, 6.07) is -0.621. The van der Waals surface area contributed by atoms with E-state index in [-0.39, 0.29) is 42.7 Å². The molecule has 44 heavy (non-hydrogen) atoms. The number of carboxylic acids is 1. The van der Waals surface area contributed by atoms with Gasteiger partial charge in [0.2, 0.25) is 0 Å². The number of rotatable bonds is 28. The number of aliphatic carboxylic acids is 1. The molecule has 0 saturated carbocycles. The van der Waals surface area contributed by atoms with Gasteiger partial charge in [0.1, 0.15) is 6.61 Å². The minimum Gasteiger partial charge on any atom is -0.477 e. The molecule has 0 heterocycles. The van der Waals surface area contributed by atoms with Gasteiger partial charge in [-0.05, 0) is 44.9 Å². The van der Waals surface area contributed by atoms with Gasteiger partial charge in [-0.3, -0.25) is 9.59 Å². The number of carbonyl (C=O) groups excluding carboxylic acids is 2. The van der Waals surface area contributed by atoms with Crippen LogP contribution in [0.4, 0.5) is 0 Å². The van der Waals surface area contributed by atoms with Crippen molar-refractivity contribution in [3.63, 3.8) is 0 Å². The highest BCUT2D eigenvalue weighted by Crippen LogP contribution is 2.11. The molecule has 1 N–H and O–H groups in total. The molecule has 0 aliphatic rings. The van der Waals surface area contributed by atoms with Crippen LogP contribution in [-0.2, 0) is 28.6 Å². The Hall–Kier alpha value is -2.71. The summed E-state index contributed by atoms with van der Waals surface area (Å²) >= 11 is 0. The molecule has 2 unspecified atom stereocenters. The average molecular weight is 621 g/mol. The molecule has 2 atom stereocenters. The van der Waals surface area contributed by atoms with Crippen LogP contribution in [0.15, 0.2) is 48.6 Å². The third kappa shape index (κ3) is 25.8. The minimum absolute atomic E-state index is 0.0391. The summed E-state index contributed by atoms with van der Waals surface area (Å²) < 4.78 is 17.0. The first kappa shape index (κ1) is 41.3. The molecule has 0 spiro atoms. The second kappa shape index (κ2) is 27.8. The van der Waals surface area contributed by atoms with Gasteiger partial charge in [-0.25, -0.2) is 4.79 Å². The van der Waals surface area contributed by atoms with E-state index in [0.717, 1.165) is 57.8 Å². The third-order valence-electron chi connectivity index (χ3n) is 7.04. The zero-order valence-electron chi connectivity index (χ0n) is 28.3. The van der Waals surface area contributed by atoms with Gasteiger partial charge in [0, 0.05) is 19.3 Å². The normalized spacial score (nSPS) is 13.8. The molecule has 0 saturated heterocycles. The number of esters is 2. The van der Waals surface area contributed by atoms with Crippen LogP contribution in [0.2, 0.25) is 0 Å². The second-order valence-electron chi connectivity index (χ2n) is 12.1. The maximum atomic E-state index is 12.6. The molecule has 0 aromatic heterocycles. The fraction of sp³-hybridized carbons (Fsp3) is 0.694. The molecule has 8 heteroatoms. The van der Waals surface area contributed by atoms with E-state index in [0.29, 0.717) is 19.3 Å². The fourth-order valence-electron chi connectivity index (χ4n) is 4.40. The first-order chi connectivity index (χ1) is 21.1. The monoisotopic (exact) mass is 620 g/mol. The van der Waals surface area contributed by atoms with Crippen molar-refractivity contribution >= 4 is 17.9 Å². The quantitative estimate of drug-likeness (QED) is 0.0314. The van der Waals surface area contributed by atoms with Gasteiger partial charge in [-0.1, -0.05) is 94.6 Å². The maximum absolute atomic E-state index is 12.6. The molecular formula is C36H62NO7+. The van der Waals surface area contributed by atoms with Crippen LogP contribution in [0.3, 0.4) is 0 Å². The molecule has 0 bridgehead atoms. The van der Waals surface area contributed by atoms with Crippen LogP contribution < -0.4 is 0 Å². The summed E-state index contributed by atoms with van der Waals surface area (Å²) in [6.45, 7) is 4.43. The molecule has 0 aliphatic heterocycles. The molecule has 0 fully saturated rings. The predicted octanol–water partition coefficient (Wildman–Crippen LogP) is 7.73. The smallest absolute Gasteiger partial charge is 0.362 e. The first-order valence-electron chi connectivity index (χ1n) is 16.7. The van der Waals surface area contributed by atoms with Crippen molar-refractivity contribution in [3.8, 4) is 0 Å². The van der Waals surface area contributed by atoms with Gasteiger partial charge in [0.25, 0.3) is 0 Å². The Morgan fingerprint density at radius 3 is 2.02 bits per heavy atom. The Kier molecular flexibility index (Phi) is 26.1. The number of hydrogen-bond donors (Lipinski definition) is 1. The van der Waals surface area contributed by atoms with E-state index >= 15 is 0 Å². The Balaban J connectivity index is 4.55. The fourth-order valence-corrected chi connectivity index (χ4v) is 4.40. The molecule has 0 aromatic carbocycles. The Morgan fingerprint density at radius 1 is 0.705 bits per heavy atom. The summed E-state index contributed by atoms with van der Waals surface area (Å²) in [7, 11) is 5.48. The van der Waals surface area contributed by atoms with Crippen molar-refractivity contribution in [1.29, 1.82) is 0 Å². The molecule has 0 radical (unpaired) electrons. The first-order valence-corrected chi connectivity index (χ1v) is 16.7. The molecule has 0 aromatic rings. The largest absolute Gasteiger partial charge is 0.477 e. The third-order valence-corrected chi connectivity index (χ3v) is 7.04. The van der Waals surface area contributed by atoms with E-state index in [4.69, 9.17) is 14.2 Å². The van der Waals surface area contributed by atoms with Gasteiger partial charge in [-0.2, -0.15) is 0 Å². The Labute approximate surface area is 267 Å². The highest BCUT2D eigenvalue weighted by molar-refractivity contribution is 5.72. The molecule has 8 nitrogen and oxygen atoms in total. The number of nitrogens with zero attached hydrogens (tertiary/aromatic N) is 1.